The Balaban J connectivity index is 1.33. The maximum Gasteiger partial charge on any atom is 0.416 e. The van der Waals surface area contributed by atoms with Crippen LogP contribution in [0.2, 0.25) is 0 Å². The van der Waals surface area contributed by atoms with Crippen LogP contribution in [-0.2, 0) is 28.7 Å². The summed E-state index contributed by atoms with van der Waals surface area (Å²) >= 11 is 0. The molecule has 0 saturated heterocycles. The first-order valence-electron chi connectivity index (χ1n) is 11.6. The molecule has 1 saturated carbocycles. The molecule has 0 radical (unpaired) electrons. The lowest BCUT2D eigenvalue weighted by Crippen LogP contribution is -2.30. The van der Waals surface area contributed by atoms with Gasteiger partial charge in [-0.25, -0.2) is 0 Å². The molecule has 3 aliphatic rings. The highest BCUT2D eigenvalue weighted by atomic mass is 19.4. The molecule has 0 atom stereocenters. The van der Waals surface area contributed by atoms with Crippen LogP contribution in [0.3, 0.4) is 0 Å². The molecule has 0 spiro atoms. The van der Waals surface area contributed by atoms with Gasteiger partial charge in [0.05, 0.1) is 17.8 Å². The monoisotopic (exact) mass is 473 g/mol. The zero-order chi connectivity index (χ0) is 23.9. The highest BCUT2D eigenvalue weighted by Crippen LogP contribution is 2.43. The third-order valence-corrected chi connectivity index (χ3v) is 6.87. The average Bonchev–Trinajstić information content (AvgIpc) is 3.45. The van der Waals surface area contributed by atoms with E-state index in [1.165, 1.54) is 6.07 Å². The van der Waals surface area contributed by atoms with Gasteiger partial charge in [0, 0.05) is 12.1 Å². The Morgan fingerprint density at radius 1 is 1.15 bits per heavy atom. The molecule has 2 aliphatic heterocycles. The number of hydrogen-bond donors (Lipinski definition) is 1. The van der Waals surface area contributed by atoms with E-state index in [0.717, 1.165) is 42.6 Å². The molecule has 0 bridgehead atoms. The fourth-order valence-corrected chi connectivity index (χ4v) is 5.31. The number of nitrogens with zero attached hydrogens (tertiary/aromatic N) is 1. The van der Waals surface area contributed by atoms with E-state index in [1.807, 2.05) is 12.1 Å². The zero-order valence-corrected chi connectivity index (χ0v) is 18.7. The summed E-state index contributed by atoms with van der Waals surface area (Å²) in [5, 5.41) is 9.15. The third kappa shape index (κ3) is 4.45. The van der Waals surface area contributed by atoms with E-state index in [9.17, 15) is 18.0 Å². The highest BCUT2D eigenvalue weighted by molar-refractivity contribution is 5.73. The summed E-state index contributed by atoms with van der Waals surface area (Å²) in [5.74, 6) is 0.0698. The van der Waals surface area contributed by atoms with Crippen LogP contribution < -0.4 is 9.64 Å². The number of rotatable bonds is 6. The van der Waals surface area contributed by atoms with Gasteiger partial charge in [-0.15, -0.1) is 0 Å². The van der Waals surface area contributed by atoms with Crippen molar-refractivity contribution in [1.29, 1.82) is 0 Å². The van der Waals surface area contributed by atoms with Crippen LogP contribution in [0, 0.1) is 0 Å². The van der Waals surface area contributed by atoms with Crippen molar-refractivity contribution in [1.82, 2.24) is 0 Å². The largest absolute Gasteiger partial charge is 0.494 e. The highest BCUT2D eigenvalue weighted by Gasteiger charge is 2.36. The number of hydrogen-bond acceptors (Lipinski definition) is 4. The van der Waals surface area contributed by atoms with E-state index >= 15 is 0 Å². The SMILES string of the molecule is O=C(O)CC1=C2Cc3cc(OCc4ccc(C5CCCC5)c(C(F)(F)F)c4)ccc3N2CCO1. The van der Waals surface area contributed by atoms with Crippen molar-refractivity contribution in [2.45, 2.75) is 57.2 Å². The number of carboxylic acids is 1. The van der Waals surface area contributed by atoms with Gasteiger partial charge in [0.2, 0.25) is 0 Å². The minimum Gasteiger partial charge on any atom is -0.494 e. The van der Waals surface area contributed by atoms with Crippen LogP contribution in [-0.4, -0.2) is 24.2 Å². The maximum atomic E-state index is 13.8. The molecule has 1 N–H and O–H groups in total. The van der Waals surface area contributed by atoms with Crippen LogP contribution in [0.25, 0.3) is 0 Å². The first-order chi connectivity index (χ1) is 16.3. The summed E-state index contributed by atoms with van der Waals surface area (Å²) < 4.78 is 52.7. The van der Waals surface area contributed by atoms with Crippen molar-refractivity contribution in [3.63, 3.8) is 0 Å². The molecule has 180 valence electrons. The van der Waals surface area contributed by atoms with Gasteiger partial charge in [0.15, 0.2) is 0 Å². The first kappa shape index (κ1) is 22.6. The third-order valence-electron chi connectivity index (χ3n) is 6.87. The van der Waals surface area contributed by atoms with Crippen LogP contribution in [0.1, 0.15) is 60.3 Å². The number of halogens is 3. The Morgan fingerprint density at radius 2 is 1.94 bits per heavy atom. The quantitative estimate of drug-likeness (QED) is 0.556. The lowest BCUT2D eigenvalue weighted by atomic mass is 9.91. The van der Waals surface area contributed by atoms with E-state index in [0.29, 0.717) is 42.2 Å². The number of carbonyl (C=O) groups is 1. The van der Waals surface area contributed by atoms with Crippen molar-refractivity contribution in [2.24, 2.45) is 0 Å². The van der Waals surface area contributed by atoms with Gasteiger partial charge in [-0.05, 0) is 59.7 Å². The Labute approximate surface area is 195 Å². The minimum atomic E-state index is -4.39. The van der Waals surface area contributed by atoms with Crippen LogP contribution in [0.15, 0.2) is 47.9 Å². The molecule has 2 aromatic carbocycles. The molecular formula is C26H26F3NO4. The average molecular weight is 473 g/mol. The second kappa shape index (κ2) is 8.89. The summed E-state index contributed by atoms with van der Waals surface area (Å²) in [6.45, 7) is 1.09. The van der Waals surface area contributed by atoms with Gasteiger partial charge in [-0.2, -0.15) is 13.2 Å². The second-order valence-electron chi connectivity index (χ2n) is 9.10. The molecule has 34 heavy (non-hydrogen) atoms. The van der Waals surface area contributed by atoms with E-state index in [-0.39, 0.29) is 18.9 Å². The topological polar surface area (TPSA) is 59.0 Å². The van der Waals surface area contributed by atoms with E-state index in [2.05, 4.69) is 4.90 Å². The number of alkyl halides is 3. The molecule has 0 amide bonds. The lowest BCUT2D eigenvalue weighted by Gasteiger charge is -2.28. The Kier molecular flexibility index (Phi) is 5.91. The van der Waals surface area contributed by atoms with Gasteiger partial charge >= 0.3 is 12.1 Å². The fourth-order valence-electron chi connectivity index (χ4n) is 5.31. The van der Waals surface area contributed by atoms with Crippen molar-refractivity contribution in [3.8, 4) is 5.75 Å². The number of allylic oxidation sites excluding steroid dienone is 1. The zero-order valence-electron chi connectivity index (χ0n) is 18.7. The van der Waals surface area contributed by atoms with Crippen molar-refractivity contribution in [3.05, 3.63) is 70.1 Å². The van der Waals surface area contributed by atoms with E-state index in [4.69, 9.17) is 14.6 Å². The Morgan fingerprint density at radius 3 is 2.68 bits per heavy atom. The molecule has 2 aromatic rings. The number of aliphatic carboxylic acids is 1. The van der Waals surface area contributed by atoms with Crippen LogP contribution in [0.4, 0.5) is 18.9 Å². The molecular weight excluding hydrogens is 447 g/mol. The molecule has 2 heterocycles. The maximum absolute atomic E-state index is 13.8. The van der Waals surface area contributed by atoms with Crippen LogP contribution in [0.5, 0.6) is 5.75 Å². The standard InChI is InChI=1S/C26H26F3NO4/c27-26(28,29)21-11-16(5-7-20(21)17-3-1-2-4-17)15-34-19-6-8-22-18(12-19)13-23-24(14-25(31)32)33-10-9-30(22)23/h5-8,11-12,17H,1-4,9-10,13-15H2,(H,31,32). The van der Waals surface area contributed by atoms with Crippen LogP contribution >= 0.6 is 0 Å². The minimum absolute atomic E-state index is 0.0221. The van der Waals surface area contributed by atoms with Gasteiger partial charge in [0.25, 0.3) is 0 Å². The van der Waals surface area contributed by atoms with E-state index in [1.54, 1.807) is 18.2 Å². The summed E-state index contributed by atoms with van der Waals surface area (Å²) in [6.07, 6.45) is -0.463. The van der Waals surface area contributed by atoms with Crippen molar-refractivity contribution >= 4 is 11.7 Å². The summed E-state index contributed by atoms with van der Waals surface area (Å²) in [6, 6.07) is 10.2. The van der Waals surface area contributed by atoms with Gasteiger partial charge < -0.3 is 19.5 Å². The fraction of sp³-hybridized carbons (Fsp3) is 0.423. The number of anilines is 1. The normalized spacial score (nSPS) is 18.0. The molecule has 8 heteroatoms. The van der Waals surface area contributed by atoms with Gasteiger partial charge in [-0.1, -0.05) is 25.0 Å². The molecule has 1 fully saturated rings. The number of benzene rings is 2. The summed E-state index contributed by atoms with van der Waals surface area (Å²) in [7, 11) is 0. The first-order valence-corrected chi connectivity index (χ1v) is 11.6. The summed E-state index contributed by atoms with van der Waals surface area (Å²) in [5.41, 5.74) is 3.13. The number of fused-ring (bicyclic) bond motifs is 3. The number of carboxylic acid groups (broad SMARTS) is 1. The van der Waals surface area contributed by atoms with Gasteiger partial charge in [0.1, 0.15) is 31.1 Å². The van der Waals surface area contributed by atoms with Crippen molar-refractivity contribution < 1.29 is 32.5 Å². The predicted octanol–water partition coefficient (Wildman–Crippen LogP) is 6.02. The Hall–Kier alpha value is -3.16. The molecule has 5 nitrogen and oxygen atoms in total. The molecule has 1 aliphatic carbocycles. The smallest absolute Gasteiger partial charge is 0.416 e. The number of ether oxygens (including phenoxy) is 2. The van der Waals surface area contributed by atoms with E-state index < -0.39 is 17.7 Å². The van der Waals surface area contributed by atoms with Crippen molar-refractivity contribution in [2.75, 3.05) is 18.1 Å². The molecule has 0 unspecified atom stereocenters. The molecule has 5 rings (SSSR count). The van der Waals surface area contributed by atoms with Gasteiger partial charge in [-0.3, -0.25) is 4.79 Å². The molecule has 0 aromatic heterocycles. The predicted molar refractivity (Wildman–Crippen MR) is 120 cm³/mol. The summed E-state index contributed by atoms with van der Waals surface area (Å²) in [4.78, 5) is 13.2. The Bertz CT molecular complexity index is 1140. The second-order valence-corrected chi connectivity index (χ2v) is 9.10. The lowest BCUT2D eigenvalue weighted by molar-refractivity contribution is -0.138.